The van der Waals surface area contributed by atoms with Crippen LogP contribution in [0.5, 0.6) is 5.75 Å². The lowest BCUT2D eigenvalue weighted by Gasteiger charge is -2.25. The molecule has 2 rings (SSSR count). The highest BCUT2D eigenvalue weighted by Crippen LogP contribution is 2.34. The van der Waals surface area contributed by atoms with Crippen molar-refractivity contribution in [2.24, 2.45) is 5.90 Å². The van der Waals surface area contributed by atoms with E-state index in [4.69, 9.17) is 10.7 Å². The number of nitrogens with two attached hydrogens (primary N) is 1. The summed E-state index contributed by atoms with van der Waals surface area (Å²) in [7, 11) is 0. The first-order chi connectivity index (χ1) is 7.26. The predicted octanol–water partition coefficient (Wildman–Crippen LogP) is 1.03. The highest BCUT2D eigenvalue weighted by Gasteiger charge is 2.28. The summed E-state index contributed by atoms with van der Waals surface area (Å²) in [6, 6.07) is 5.77. The summed E-state index contributed by atoms with van der Waals surface area (Å²) in [4.78, 5) is 6.97. The van der Waals surface area contributed by atoms with Crippen molar-refractivity contribution in [3.05, 3.63) is 23.8 Å². The Bertz CT molecular complexity index is 354. The average molecular weight is 208 g/mol. The summed E-state index contributed by atoms with van der Waals surface area (Å²) in [5, 5.41) is 9.40. The summed E-state index contributed by atoms with van der Waals surface area (Å²) < 4.78 is 0. The van der Waals surface area contributed by atoms with Gasteiger partial charge < -0.3 is 14.8 Å². The molecule has 1 aliphatic rings. The zero-order valence-corrected chi connectivity index (χ0v) is 8.81. The molecule has 1 heterocycles. The Morgan fingerprint density at radius 2 is 2.40 bits per heavy atom. The lowest BCUT2D eigenvalue weighted by atomic mass is 10.1. The minimum atomic E-state index is 0.289. The first kappa shape index (κ1) is 10.3. The number of benzene rings is 1. The van der Waals surface area contributed by atoms with Gasteiger partial charge in [-0.15, -0.1) is 0 Å². The summed E-state index contributed by atoms with van der Waals surface area (Å²) in [5.41, 5.74) is 2.34. The molecule has 4 heteroatoms. The second kappa shape index (κ2) is 4.08. The first-order valence-electron chi connectivity index (χ1n) is 5.16. The molecule has 0 bridgehead atoms. The molecular weight excluding hydrogens is 192 g/mol. The maximum Gasteiger partial charge on any atom is 0.116 e. The van der Waals surface area contributed by atoms with Gasteiger partial charge in [-0.3, -0.25) is 0 Å². The molecule has 82 valence electrons. The van der Waals surface area contributed by atoms with Gasteiger partial charge in [0.05, 0.1) is 12.6 Å². The Hall–Kier alpha value is -1.26. The Morgan fingerprint density at radius 1 is 1.60 bits per heavy atom. The van der Waals surface area contributed by atoms with E-state index in [-0.39, 0.29) is 6.04 Å². The SMILES string of the molecule is CCN1c2ccc(O)cc2CC1CON. The second-order valence-electron chi connectivity index (χ2n) is 3.79. The minimum Gasteiger partial charge on any atom is -0.508 e. The van der Waals surface area contributed by atoms with Gasteiger partial charge in [-0.2, -0.15) is 0 Å². The molecule has 0 aromatic heterocycles. The number of hydrogen-bond acceptors (Lipinski definition) is 4. The highest BCUT2D eigenvalue weighted by molar-refractivity contribution is 5.61. The summed E-state index contributed by atoms with van der Waals surface area (Å²) in [5.74, 6) is 5.43. The van der Waals surface area contributed by atoms with Gasteiger partial charge in [0.15, 0.2) is 0 Å². The van der Waals surface area contributed by atoms with Gasteiger partial charge in [0.1, 0.15) is 5.75 Å². The van der Waals surface area contributed by atoms with E-state index in [0.717, 1.165) is 13.0 Å². The molecule has 0 saturated carbocycles. The van der Waals surface area contributed by atoms with Crippen LogP contribution in [0.1, 0.15) is 12.5 Å². The smallest absolute Gasteiger partial charge is 0.116 e. The lowest BCUT2D eigenvalue weighted by molar-refractivity contribution is 0.123. The number of nitrogens with zero attached hydrogens (tertiary/aromatic N) is 1. The Kier molecular flexibility index (Phi) is 2.79. The van der Waals surface area contributed by atoms with Crippen LogP contribution in [-0.4, -0.2) is 24.3 Å². The standard InChI is InChI=1S/C11H16N2O2/c1-2-13-9(7-15-12)5-8-6-10(14)3-4-11(8)13/h3-4,6,9,14H,2,5,7,12H2,1H3. The van der Waals surface area contributed by atoms with Crippen molar-refractivity contribution in [3.63, 3.8) is 0 Å². The van der Waals surface area contributed by atoms with Gasteiger partial charge in [0, 0.05) is 12.2 Å². The van der Waals surface area contributed by atoms with E-state index >= 15 is 0 Å². The summed E-state index contributed by atoms with van der Waals surface area (Å²) in [6.45, 7) is 3.54. The fourth-order valence-electron chi connectivity index (χ4n) is 2.26. The topological polar surface area (TPSA) is 58.7 Å². The van der Waals surface area contributed by atoms with Crippen molar-refractivity contribution < 1.29 is 9.94 Å². The van der Waals surface area contributed by atoms with Crippen molar-refractivity contribution >= 4 is 5.69 Å². The van der Waals surface area contributed by atoms with Crippen LogP contribution >= 0.6 is 0 Å². The normalized spacial score (nSPS) is 19.3. The van der Waals surface area contributed by atoms with Crippen LogP contribution in [0.2, 0.25) is 0 Å². The van der Waals surface area contributed by atoms with Crippen LogP contribution in [0.25, 0.3) is 0 Å². The van der Waals surface area contributed by atoms with Gasteiger partial charge in [0.25, 0.3) is 0 Å². The van der Waals surface area contributed by atoms with Crippen molar-refractivity contribution in [2.75, 3.05) is 18.1 Å². The molecule has 0 spiro atoms. The molecule has 1 aromatic rings. The number of aromatic hydroxyl groups is 1. The Balaban J connectivity index is 2.28. The number of likely N-dealkylation sites (N-methyl/N-ethyl adjacent to an activating group) is 1. The third kappa shape index (κ3) is 1.78. The van der Waals surface area contributed by atoms with Crippen LogP contribution < -0.4 is 10.8 Å². The number of phenolic OH excluding ortho intramolecular Hbond substituents is 1. The summed E-state index contributed by atoms with van der Waals surface area (Å²) >= 11 is 0. The number of anilines is 1. The molecule has 1 aromatic carbocycles. The number of rotatable bonds is 3. The van der Waals surface area contributed by atoms with Crippen molar-refractivity contribution in [3.8, 4) is 5.75 Å². The number of fused-ring (bicyclic) bond motifs is 1. The Labute approximate surface area is 89.2 Å². The molecule has 1 unspecified atom stereocenters. The first-order valence-corrected chi connectivity index (χ1v) is 5.16. The molecule has 0 aliphatic carbocycles. The largest absolute Gasteiger partial charge is 0.508 e. The fourth-order valence-corrected chi connectivity index (χ4v) is 2.26. The van der Waals surface area contributed by atoms with E-state index in [0.29, 0.717) is 12.4 Å². The van der Waals surface area contributed by atoms with Crippen LogP contribution in [0, 0.1) is 0 Å². The molecule has 4 nitrogen and oxygen atoms in total. The van der Waals surface area contributed by atoms with E-state index in [1.54, 1.807) is 6.07 Å². The maximum absolute atomic E-state index is 9.40. The van der Waals surface area contributed by atoms with Gasteiger partial charge in [-0.25, -0.2) is 5.90 Å². The van der Waals surface area contributed by atoms with Crippen LogP contribution in [0.3, 0.4) is 0 Å². The van der Waals surface area contributed by atoms with Crippen molar-refractivity contribution in [2.45, 2.75) is 19.4 Å². The molecule has 0 amide bonds. The van der Waals surface area contributed by atoms with E-state index in [9.17, 15) is 5.11 Å². The zero-order chi connectivity index (χ0) is 10.8. The third-order valence-corrected chi connectivity index (χ3v) is 2.90. The molecule has 0 fully saturated rings. The number of phenols is 1. The van der Waals surface area contributed by atoms with Gasteiger partial charge in [-0.1, -0.05) is 0 Å². The van der Waals surface area contributed by atoms with Gasteiger partial charge >= 0.3 is 0 Å². The molecule has 0 saturated heterocycles. The molecular formula is C11H16N2O2. The van der Waals surface area contributed by atoms with E-state index < -0.39 is 0 Å². The zero-order valence-electron chi connectivity index (χ0n) is 8.81. The van der Waals surface area contributed by atoms with Crippen LogP contribution in [0.4, 0.5) is 5.69 Å². The lowest BCUT2D eigenvalue weighted by Crippen LogP contribution is -2.36. The fraction of sp³-hybridized carbons (Fsp3) is 0.455. The van der Waals surface area contributed by atoms with Crippen LogP contribution in [0.15, 0.2) is 18.2 Å². The number of hydrogen-bond donors (Lipinski definition) is 2. The van der Waals surface area contributed by atoms with Crippen LogP contribution in [-0.2, 0) is 11.3 Å². The maximum atomic E-state index is 9.40. The minimum absolute atomic E-state index is 0.289. The third-order valence-electron chi connectivity index (χ3n) is 2.90. The van der Waals surface area contributed by atoms with Crippen molar-refractivity contribution in [1.29, 1.82) is 0 Å². The van der Waals surface area contributed by atoms with E-state index in [1.165, 1.54) is 11.3 Å². The van der Waals surface area contributed by atoms with E-state index in [1.807, 2.05) is 12.1 Å². The summed E-state index contributed by atoms with van der Waals surface area (Å²) in [6.07, 6.45) is 0.884. The second-order valence-corrected chi connectivity index (χ2v) is 3.79. The average Bonchev–Trinajstić information content (AvgIpc) is 2.54. The van der Waals surface area contributed by atoms with Gasteiger partial charge in [-0.05, 0) is 37.1 Å². The molecule has 15 heavy (non-hydrogen) atoms. The highest BCUT2D eigenvalue weighted by atomic mass is 16.6. The van der Waals surface area contributed by atoms with E-state index in [2.05, 4.69) is 11.8 Å². The molecule has 3 N–H and O–H groups in total. The molecule has 0 radical (unpaired) electrons. The molecule has 1 aliphatic heterocycles. The quantitative estimate of drug-likeness (QED) is 0.728. The Morgan fingerprint density at radius 3 is 3.07 bits per heavy atom. The monoisotopic (exact) mass is 208 g/mol. The predicted molar refractivity (Wildman–Crippen MR) is 58.8 cm³/mol. The van der Waals surface area contributed by atoms with Gasteiger partial charge in [0.2, 0.25) is 0 Å². The molecule has 1 atom stereocenters. The van der Waals surface area contributed by atoms with Crippen molar-refractivity contribution in [1.82, 2.24) is 0 Å².